The number of carbonyl (C=O) groups is 2. The highest BCUT2D eigenvalue weighted by Gasteiger charge is 2.54. The number of aliphatic imine (C=N–C) groups is 1. The van der Waals surface area contributed by atoms with Crippen LogP contribution in [0.2, 0.25) is 24.7 Å². The average molecular weight is 529 g/mol. The van der Waals surface area contributed by atoms with E-state index in [-0.39, 0.29) is 23.6 Å². The summed E-state index contributed by atoms with van der Waals surface area (Å²) in [6, 6.07) is 5.21. The number of nitrogens with one attached hydrogen (secondary N) is 2. The molecule has 2 aliphatic heterocycles. The predicted molar refractivity (Wildman–Crippen MR) is 147 cm³/mol. The van der Waals surface area contributed by atoms with Crippen LogP contribution in [0.5, 0.6) is 0 Å². The summed E-state index contributed by atoms with van der Waals surface area (Å²) in [6.07, 6.45) is 2.93. The number of rotatable bonds is 6. The zero-order valence-corrected chi connectivity index (χ0v) is 24.2. The van der Waals surface area contributed by atoms with Crippen LogP contribution >= 0.6 is 0 Å². The standard InChI is InChI=1S/C28H41FN4O3Si/c1-26(2,17-34)22(18-10-8-11-19(29)14-18)31-25(36)33-16-20-21(27(33,3)4)15-30-23(20)32-24(35)28(12-9-13-28)37(5,6)7/h8,10-11,14,22,34H,9,12-13,15-17H2,1-7H3,(H,31,36)(H,30,32,35). The van der Waals surface area contributed by atoms with E-state index in [0.29, 0.717) is 24.5 Å². The van der Waals surface area contributed by atoms with Crippen LogP contribution in [0.4, 0.5) is 9.18 Å². The Morgan fingerprint density at radius 3 is 2.46 bits per heavy atom. The summed E-state index contributed by atoms with van der Waals surface area (Å²) in [5, 5.41) is 16.0. The molecular weight excluding hydrogens is 487 g/mol. The molecule has 3 aliphatic rings. The first kappa shape index (κ1) is 27.5. The highest BCUT2D eigenvalue weighted by Crippen LogP contribution is 2.55. The van der Waals surface area contributed by atoms with Crippen molar-refractivity contribution in [1.82, 2.24) is 15.5 Å². The highest BCUT2D eigenvalue weighted by atomic mass is 28.3. The van der Waals surface area contributed by atoms with Gasteiger partial charge in [-0.05, 0) is 50.0 Å². The smallest absolute Gasteiger partial charge is 0.318 e. The van der Waals surface area contributed by atoms with Crippen molar-refractivity contribution < 1.29 is 19.1 Å². The van der Waals surface area contributed by atoms with E-state index in [4.69, 9.17) is 0 Å². The van der Waals surface area contributed by atoms with Crippen molar-refractivity contribution in [1.29, 1.82) is 0 Å². The minimum absolute atomic E-state index is 0.0713. The van der Waals surface area contributed by atoms with Gasteiger partial charge in [-0.2, -0.15) is 0 Å². The monoisotopic (exact) mass is 528 g/mol. The van der Waals surface area contributed by atoms with Gasteiger partial charge < -0.3 is 20.6 Å². The first-order valence-electron chi connectivity index (χ1n) is 13.2. The number of nitrogens with zero attached hydrogens (tertiary/aromatic N) is 2. The highest BCUT2D eigenvalue weighted by molar-refractivity contribution is 6.82. The SMILES string of the molecule is CC(C)(CO)C(NC(=O)N1CC2=C(CN=C2NC(=O)C2([Si](C)(C)C)CCC2)C1(C)C)c1cccc(F)c1. The molecule has 0 bridgehead atoms. The van der Waals surface area contributed by atoms with Crippen LogP contribution < -0.4 is 10.6 Å². The van der Waals surface area contributed by atoms with Gasteiger partial charge in [-0.1, -0.05) is 52.0 Å². The van der Waals surface area contributed by atoms with Crippen LogP contribution in [0.3, 0.4) is 0 Å². The van der Waals surface area contributed by atoms with E-state index in [9.17, 15) is 19.1 Å². The molecule has 0 aromatic heterocycles. The fraction of sp³-hybridized carbons (Fsp3) is 0.607. The molecule has 0 radical (unpaired) electrons. The van der Waals surface area contributed by atoms with Crippen LogP contribution in [0.25, 0.3) is 0 Å². The Balaban J connectivity index is 1.53. The van der Waals surface area contributed by atoms with Crippen molar-refractivity contribution in [2.75, 3.05) is 19.7 Å². The lowest BCUT2D eigenvalue weighted by Gasteiger charge is -2.49. The van der Waals surface area contributed by atoms with Crippen molar-refractivity contribution in [2.45, 2.75) is 83.2 Å². The van der Waals surface area contributed by atoms with Gasteiger partial charge in [0.2, 0.25) is 5.91 Å². The number of amides is 3. The minimum atomic E-state index is -1.73. The molecule has 2 heterocycles. The Morgan fingerprint density at radius 2 is 1.92 bits per heavy atom. The van der Waals surface area contributed by atoms with E-state index in [1.54, 1.807) is 17.0 Å². The molecule has 1 aliphatic carbocycles. The first-order valence-corrected chi connectivity index (χ1v) is 16.7. The Kier molecular flexibility index (Phi) is 6.95. The molecule has 1 fully saturated rings. The number of amidine groups is 1. The van der Waals surface area contributed by atoms with Gasteiger partial charge in [-0.25, -0.2) is 9.18 Å². The van der Waals surface area contributed by atoms with E-state index in [1.165, 1.54) is 12.1 Å². The van der Waals surface area contributed by atoms with E-state index >= 15 is 0 Å². The second-order valence-corrected chi connectivity index (χ2v) is 18.4. The summed E-state index contributed by atoms with van der Waals surface area (Å²) in [6.45, 7) is 15.0. The number of hydrogen-bond donors (Lipinski definition) is 3. The van der Waals surface area contributed by atoms with E-state index in [0.717, 1.165) is 30.4 Å². The van der Waals surface area contributed by atoms with Crippen molar-refractivity contribution in [3.63, 3.8) is 0 Å². The molecule has 1 saturated carbocycles. The van der Waals surface area contributed by atoms with Crippen molar-refractivity contribution in [3.05, 3.63) is 46.8 Å². The lowest BCUT2D eigenvalue weighted by Crippen LogP contribution is -2.55. The van der Waals surface area contributed by atoms with Gasteiger partial charge in [0, 0.05) is 16.0 Å². The molecule has 1 aromatic carbocycles. The van der Waals surface area contributed by atoms with Crippen molar-refractivity contribution in [3.8, 4) is 0 Å². The summed E-state index contributed by atoms with van der Waals surface area (Å²) in [7, 11) is -1.73. The van der Waals surface area contributed by atoms with Gasteiger partial charge in [-0.3, -0.25) is 9.79 Å². The van der Waals surface area contributed by atoms with E-state index in [1.807, 2.05) is 27.7 Å². The third-order valence-corrected chi connectivity index (χ3v) is 12.6. The number of benzene rings is 1. The topological polar surface area (TPSA) is 94.0 Å². The molecule has 9 heteroatoms. The number of aliphatic hydroxyl groups is 1. The molecule has 1 aromatic rings. The minimum Gasteiger partial charge on any atom is -0.396 e. The van der Waals surface area contributed by atoms with Crippen molar-refractivity contribution >= 4 is 25.8 Å². The van der Waals surface area contributed by atoms with Gasteiger partial charge in [0.1, 0.15) is 11.7 Å². The summed E-state index contributed by atoms with van der Waals surface area (Å²) >= 11 is 0. The number of urea groups is 1. The fourth-order valence-electron chi connectivity index (χ4n) is 5.97. The van der Waals surface area contributed by atoms with Crippen LogP contribution in [0, 0.1) is 11.2 Å². The van der Waals surface area contributed by atoms with E-state index in [2.05, 4.69) is 35.3 Å². The first-order chi connectivity index (χ1) is 17.1. The number of carbonyl (C=O) groups excluding carboxylic acids is 2. The van der Waals surface area contributed by atoms with Gasteiger partial charge in [-0.15, -0.1) is 0 Å². The molecule has 0 spiro atoms. The molecule has 37 heavy (non-hydrogen) atoms. The maximum Gasteiger partial charge on any atom is 0.318 e. The number of halogens is 1. The molecule has 1 atom stereocenters. The Morgan fingerprint density at radius 1 is 1.24 bits per heavy atom. The molecule has 3 amide bonds. The summed E-state index contributed by atoms with van der Waals surface area (Å²) in [5.74, 6) is 0.263. The van der Waals surface area contributed by atoms with Gasteiger partial charge >= 0.3 is 6.03 Å². The fourth-order valence-corrected chi connectivity index (χ4v) is 8.57. The third-order valence-electron chi connectivity index (χ3n) is 8.97. The zero-order valence-electron chi connectivity index (χ0n) is 23.2. The van der Waals surface area contributed by atoms with Crippen molar-refractivity contribution in [2.24, 2.45) is 10.4 Å². The predicted octanol–water partition coefficient (Wildman–Crippen LogP) is 4.78. The summed E-state index contributed by atoms with van der Waals surface area (Å²) in [4.78, 5) is 33.6. The van der Waals surface area contributed by atoms with Crippen LogP contribution in [0.15, 0.2) is 40.4 Å². The van der Waals surface area contributed by atoms with E-state index < -0.39 is 30.9 Å². The number of aliphatic hydroxyl groups excluding tert-OH is 1. The Bertz CT molecular complexity index is 1160. The molecular formula is C28H41FN4O3Si. The largest absolute Gasteiger partial charge is 0.396 e. The van der Waals surface area contributed by atoms with Gasteiger partial charge in [0.15, 0.2) is 0 Å². The molecule has 1 unspecified atom stereocenters. The maximum atomic E-state index is 14.0. The summed E-state index contributed by atoms with van der Waals surface area (Å²) in [5.41, 5.74) is 1.19. The average Bonchev–Trinajstić information content (AvgIpc) is 3.27. The lowest BCUT2D eigenvalue weighted by molar-refractivity contribution is -0.125. The van der Waals surface area contributed by atoms with Crippen LogP contribution in [-0.4, -0.2) is 61.1 Å². The van der Waals surface area contributed by atoms with Crippen LogP contribution in [0.1, 0.15) is 58.6 Å². The molecule has 3 N–H and O–H groups in total. The zero-order chi connectivity index (χ0) is 27.4. The third kappa shape index (κ3) is 4.65. The second kappa shape index (κ2) is 9.34. The Labute approximate surface area is 220 Å². The molecule has 4 rings (SSSR count). The Hall–Kier alpha value is -2.52. The maximum absolute atomic E-state index is 14.0. The van der Waals surface area contributed by atoms with Gasteiger partial charge in [0.05, 0.1) is 39.4 Å². The van der Waals surface area contributed by atoms with Gasteiger partial charge in [0.25, 0.3) is 0 Å². The quantitative estimate of drug-likeness (QED) is 0.464. The lowest BCUT2D eigenvalue weighted by atomic mass is 9.81. The molecule has 0 saturated heterocycles. The second-order valence-electron chi connectivity index (χ2n) is 13.0. The van der Waals surface area contributed by atoms with Crippen LogP contribution in [-0.2, 0) is 4.79 Å². The number of hydrogen-bond acceptors (Lipinski definition) is 4. The normalized spacial score (nSPS) is 21.2. The molecule has 7 nitrogen and oxygen atoms in total. The summed E-state index contributed by atoms with van der Waals surface area (Å²) < 4.78 is 14.0. The molecule has 202 valence electrons.